The van der Waals surface area contributed by atoms with Crippen molar-refractivity contribution in [3.05, 3.63) is 47.0 Å². The lowest BCUT2D eigenvalue weighted by molar-refractivity contribution is -0.410. The van der Waals surface area contributed by atoms with E-state index in [2.05, 4.69) is 4.98 Å². The van der Waals surface area contributed by atoms with Crippen molar-refractivity contribution in [2.24, 2.45) is 0 Å². The summed E-state index contributed by atoms with van der Waals surface area (Å²) in [6.45, 7) is 2.02. The van der Waals surface area contributed by atoms with E-state index in [1.807, 2.05) is 43.3 Å². The number of thioether (sulfide) groups is 1. The van der Waals surface area contributed by atoms with Crippen LogP contribution in [0.3, 0.4) is 0 Å². The third-order valence-electron chi connectivity index (χ3n) is 4.13. The van der Waals surface area contributed by atoms with E-state index in [1.54, 1.807) is 4.90 Å². The zero-order valence-corrected chi connectivity index (χ0v) is 14.4. The average Bonchev–Trinajstić information content (AvgIpc) is 2.95. The van der Waals surface area contributed by atoms with Gasteiger partial charge in [0.2, 0.25) is 5.91 Å². The van der Waals surface area contributed by atoms with E-state index in [1.165, 1.54) is 23.4 Å². The summed E-state index contributed by atoms with van der Waals surface area (Å²) in [5, 5.41) is 18.7. The smallest absolute Gasteiger partial charge is 0.289 e. The van der Waals surface area contributed by atoms with E-state index in [0.717, 1.165) is 12.1 Å². The number of nitrogens with zero attached hydrogens (tertiary/aromatic N) is 3. The van der Waals surface area contributed by atoms with Crippen molar-refractivity contribution in [1.29, 1.82) is 10.5 Å². The van der Waals surface area contributed by atoms with Gasteiger partial charge in [-0.25, -0.2) is 4.98 Å². The summed E-state index contributed by atoms with van der Waals surface area (Å²) in [4.78, 5) is 17.4. The number of aromatic amines is 1. The van der Waals surface area contributed by atoms with E-state index in [0.29, 0.717) is 10.6 Å². The molecule has 1 aliphatic heterocycles. The SMILES string of the molecule is C[C@H]1Cc2ccccc2N1C(=O)CSc1[nH+]c(N)c(C#N)cc1C#N. The number of carbonyl (C=O) groups excluding carboxylic acids is 1. The number of anilines is 2. The first-order valence-corrected chi connectivity index (χ1v) is 8.72. The topological polar surface area (TPSA) is 108 Å². The van der Waals surface area contributed by atoms with Crippen LogP contribution in [-0.4, -0.2) is 17.7 Å². The lowest BCUT2D eigenvalue weighted by Gasteiger charge is -2.22. The number of carbonyl (C=O) groups is 1. The number of pyridine rings is 1. The number of hydrogen-bond donors (Lipinski definition) is 1. The van der Waals surface area contributed by atoms with Crippen LogP contribution in [0.2, 0.25) is 0 Å². The molecule has 0 unspecified atom stereocenters. The maximum absolute atomic E-state index is 12.7. The molecule has 0 bridgehead atoms. The quantitative estimate of drug-likeness (QED) is 0.851. The normalized spacial score (nSPS) is 15.3. The van der Waals surface area contributed by atoms with Crippen molar-refractivity contribution < 1.29 is 9.78 Å². The van der Waals surface area contributed by atoms with Crippen LogP contribution in [0.25, 0.3) is 0 Å². The highest BCUT2D eigenvalue weighted by molar-refractivity contribution is 7.99. The lowest BCUT2D eigenvalue weighted by Crippen LogP contribution is -2.37. The number of aromatic nitrogens is 1. The molecule has 3 rings (SSSR count). The van der Waals surface area contributed by atoms with Gasteiger partial charge in [0.15, 0.2) is 5.03 Å². The maximum Gasteiger partial charge on any atom is 0.289 e. The van der Waals surface area contributed by atoms with Crippen LogP contribution < -0.4 is 15.6 Å². The van der Waals surface area contributed by atoms with Gasteiger partial charge in [0, 0.05) is 11.7 Å². The van der Waals surface area contributed by atoms with Gasteiger partial charge in [-0.2, -0.15) is 10.5 Å². The summed E-state index contributed by atoms with van der Waals surface area (Å²) in [6.07, 6.45) is 0.839. The van der Waals surface area contributed by atoms with Crippen LogP contribution in [0.5, 0.6) is 0 Å². The van der Waals surface area contributed by atoms with Gasteiger partial charge >= 0.3 is 0 Å². The maximum atomic E-state index is 12.7. The summed E-state index contributed by atoms with van der Waals surface area (Å²) in [5.41, 5.74) is 8.41. The van der Waals surface area contributed by atoms with E-state index in [-0.39, 0.29) is 29.1 Å². The Balaban J connectivity index is 1.79. The monoisotopic (exact) mass is 350 g/mol. The van der Waals surface area contributed by atoms with Crippen LogP contribution >= 0.6 is 11.8 Å². The number of para-hydroxylation sites is 1. The molecule has 1 aliphatic rings. The van der Waals surface area contributed by atoms with Gasteiger partial charge in [0.05, 0.1) is 5.75 Å². The van der Waals surface area contributed by atoms with Crippen LogP contribution in [-0.2, 0) is 11.2 Å². The Kier molecular flexibility index (Phi) is 4.60. The van der Waals surface area contributed by atoms with Crippen LogP contribution in [0, 0.1) is 22.7 Å². The lowest BCUT2D eigenvalue weighted by atomic mass is 10.1. The molecule has 3 N–H and O–H groups in total. The van der Waals surface area contributed by atoms with Crippen molar-refractivity contribution in [3.63, 3.8) is 0 Å². The number of hydrogen-bond acceptors (Lipinski definition) is 5. The fourth-order valence-corrected chi connectivity index (χ4v) is 3.83. The predicted octanol–water partition coefficient (Wildman–Crippen LogP) is 1.90. The predicted molar refractivity (Wildman–Crippen MR) is 94.7 cm³/mol. The van der Waals surface area contributed by atoms with E-state index in [4.69, 9.17) is 11.0 Å². The molecule has 0 spiro atoms. The molecule has 124 valence electrons. The highest BCUT2D eigenvalue weighted by Gasteiger charge is 2.30. The van der Waals surface area contributed by atoms with E-state index in [9.17, 15) is 10.1 Å². The first kappa shape index (κ1) is 16.8. The third kappa shape index (κ3) is 3.15. The number of nitrogens with one attached hydrogen (secondary N) is 1. The molecule has 0 saturated heterocycles. The zero-order chi connectivity index (χ0) is 18.0. The first-order chi connectivity index (χ1) is 12.0. The number of amides is 1. The van der Waals surface area contributed by atoms with Gasteiger partial charge in [-0.1, -0.05) is 30.0 Å². The minimum Gasteiger partial charge on any atom is -0.308 e. The second kappa shape index (κ2) is 6.84. The van der Waals surface area contributed by atoms with Crippen molar-refractivity contribution in [2.75, 3.05) is 16.4 Å². The van der Waals surface area contributed by atoms with Crippen molar-refractivity contribution in [2.45, 2.75) is 24.4 Å². The molecule has 6 nitrogen and oxygen atoms in total. The van der Waals surface area contributed by atoms with Crippen LogP contribution in [0.15, 0.2) is 35.4 Å². The molecule has 1 atom stereocenters. The van der Waals surface area contributed by atoms with Crippen molar-refractivity contribution in [3.8, 4) is 12.1 Å². The Bertz CT molecular complexity index is 928. The molecule has 2 heterocycles. The van der Waals surface area contributed by atoms with Crippen molar-refractivity contribution in [1.82, 2.24) is 0 Å². The van der Waals surface area contributed by atoms with Gasteiger partial charge in [-0.3, -0.25) is 10.5 Å². The molecule has 7 heteroatoms. The first-order valence-electron chi connectivity index (χ1n) is 7.74. The fourth-order valence-electron chi connectivity index (χ4n) is 2.98. The number of nitrogen functional groups attached to an aromatic ring is 1. The van der Waals surface area contributed by atoms with E-state index >= 15 is 0 Å². The molecular formula is C18H16N5OS+. The molecule has 1 aromatic carbocycles. The Hall–Kier alpha value is -3.03. The van der Waals surface area contributed by atoms with Gasteiger partial charge in [-0.15, -0.1) is 0 Å². The number of rotatable bonds is 3. The summed E-state index contributed by atoms with van der Waals surface area (Å²) in [6, 6.07) is 13.4. The molecule has 25 heavy (non-hydrogen) atoms. The second-order valence-corrected chi connectivity index (χ2v) is 6.78. The summed E-state index contributed by atoms with van der Waals surface area (Å²) in [5.74, 6) is 0.342. The standard InChI is InChI=1S/C18H15N5OS/c1-11-6-12-4-2-3-5-15(12)23(11)16(24)10-25-18-14(9-20)7-13(8-19)17(21)22-18/h2-5,7,11H,6,10H2,1H3,(H2,21,22)/p+1/t11-/m0/s1. The summed E-state index contributed by atoms with van der Waals surface area (Å²) >= 11 is 1.22. The highest BCUT2D eigenvalue weighted by atomic mass is 32.2. The molecule has 0 aliphatic carbocycles. The number of fused-ring (bicyclic) bond motifs is 1. The van der Waals surface area contributed by atoms with Gasteiger partial charge < -0.3 is 4.90 Å². The summed E-state index contributed by atoms with van der Waals surface area (Å²) in [7, 11) is 0. The molecular weight excluding hydrogens is 334 g/mol. The largest absolute Gasteiger partial charge is 0.308 e. The molecule has 0 saturated carbocycles. The molecule has 1 aromatic heterocycles. The fraction of sp³-hybridized carbons (Fsp3) is 0.222. The molecule has 0 fully saturated rings. The molecule has 0 radical (unpaired) electrons. The highest BCUT2D eigenvalue weighted by Crippen LogP contribution is 2.32. The second-order valence-electron chi connectivity index (χ2n) is 5.80. The van der Waals surface area contributed by atoms with Gasteiger partial charge in [0.1, 0.15) is 23.3 Å². The number of nitrogens with two attached hydrogens (primary N) is 1. The average molecular weight is 350 g/mol. The number of H-pyrrole nitrogens is 1. The number of benzene rings is 1. The van der Waals surface area contributed by atoms with Gasteiger partial charge in [-0.05, 0) is 31.0 Å². The summed E-state index contributed by atoms with van der Waals surface area (Å²) < 4.78 is 0. The number of nitriles is 2. The zero-order valence-electron chi connectivity index (χ0n) is 13.6. The third-order valence-corrected chi connectivity index (χ3v) is 5.13. The van der Waals surface area contributed by atoms with Crippen molar-refractivity contribution >= 4 is 29.2 Å². The Morgan fingerprint density at radius 2 is 2.08 bits per heavy atom. The minimum atomic E-state index is -0.0253. The van der Waals surface area contributed by atoms with Gasteiger partial charge in [0.25, 0.3) is 5.82 Å². The van der Waals surface area contributed by atoms with Crippen LogP contribution in [0.1, 0.15) is 23.6 Å². The Morgan fingerprint density at radius 3 is 2.80 bits per heavy atom. The Labute approximate surface area is 149 Å². The Morgan fingerprint density at radius 1 is 1.36 bits per heavy atom. The van der Waals surface area contributed by atoms with Crippen LogP contribution in [0.4, 0.5) is 11.5 Å². The molecule has 1 amide bonds. The minimum absolute atomic E-state index is 0.0253. The van der Waals surface area contributed by atoms with E-state index < -0.39 is 0 Å². The molecule has 2 aromatic rings.